The lowest BCUT2D eigenvalue weighted by Crippen LogP contribution is -2.44. The lowest BCUT2D eigenvalue weighted by molar-refractivity contribution is 0.112. The van der Waals surface area contributed by atoms with Crippen LogP contribution in [0.15, 0.2) is 12.1 Å². The number of hydrogen-bond acceptors (Lipinski definition) is 6. The van der Waals surface area contributed by atoms with Crippen LogP contribution in [0, 0.1) is 18.8 Å². The third-order valence-corrected chi connectivity index (χ3v) is 8.24. The number of phenols is 1. The van der Waals surface area contributed by atoms with E-state index in [0.717, 1.165) is 49.4 Å². The van der Waals surface area contributed by atoms with Crippen molar-refractivity contribution in [1.82, 2.24) is 14.7 Å². The van der Waals surface area contributed by atoms with Crippen molar-refractivity contribution in [3.63, 3.8) is 0 Å². The molecule has 3 rings (SSSR count). The van der Waals surface area contributed by atoms with Gasteiger partial charge in [-0.3, -0.25) is 9.80 Å². The molecule has 31 heavy (non-hydrogen) atoms. The molecule has 1 aromatic rings. The molecule has 2 heterocycles. The summed E-state index contributed by atoms with van der Waals surface area (Å²) in [6.07, 6.45) is 2.35. The Morgan fingerprint density at radius 1 is 1.06 bits per heavy atom. The standard InChI is InChI=1S/C24H37N3O3S/c1-4-27(5-2)23-8-11-26(12-9-23)19-22-18-21(17-20(3)24(22)28)7-6-10-25-13-15-31(29,30)16-14-25/h17-18,23,28H,4-5,8-16,19H2,1-3H3. The Bertz CT molecular complexity index is 894. The van der Waals surface area contributed by atoms with Crippen LogP contribution < -0.4 is 0 Å². The number of sulfone groups is 1. The van der Waals surface area contributed by atoms with E-state index in [1.54, 1.807) is 0 Å². The molecular formula is C24H37N3O3S. The fraction of sp³-hybridized carbons (Fsp3) is 0.667. The summed E-state index contributed by atoms with van der Waals surface area (Å²) in [4.78, 5) is 7.06. The van der Waals surface area contributed by atoms with Gasteiger partial charge in [0, 0.05) is 36.8 Å². The van der Waals surface area contributed by atoms with Crippen molar-refractivity contribution >= 4 is 9.84 Å². The first-order valence-corrected chi connectivity index (χ1v) is 13.3. The molecule has 0 saturated carbocycles. The lowest BCUT2D eigenvalue weighted by Gasteiger charge is -2.37. The van der Waals surface area contributed by atoms with Crippen molar-refractivity contribution in [3.05, 3.63) is 28.8 Å². The van der Waals surface area contributed by atoms with Crippen LogP contribution in [0.3, 0.4) is 0 Å². The van der Waals surface area contributed by atoms with Gasteiger partial charge in [0.2, 0.25) is 0 Å². The highest BCUT2D eigenvalue weighted by Crippen LogP contribution is 2.27. The molecule has 2 fully saturated rings. The number of nitrogens with zero attached hydrogens (tertiary/aromatic N) is 3. The zero-order valence-corrected chi connectivity index (χ0v) is 20.0. The van der Waals surface area contributed by atoms with Crippen molar-refractivity contribution in [1.29, 1.82) is 0 Å². The highest BCUT2D eigenvalue weighted by molar-refractivity contribution is 7.91. The van der Waals surface area contributed by atoms with Crippen LogP contribution in [0.1, 0.15) is 43.4 Å². The second-order valence-electron chi connectivity index (χ2n) is 8.76. The van der Waals surface area contributed by atoms with Crippen LogP contribution in [0.5, 0.6) is 5.75 Å². The van der Waals surface area contributed by atoms with Crippen LogP contribution in [0.4, 0.5) is 0 Å². The predicted molar refractivity (Wildman–Crippen MR) is 126 cm³/mol. The van der Waals surface area contributed by atoms with E-state index in [1.807, 2.05) is 19.1 Å². The number of rotatable bonds is 6. The Morgan fingerprint density at radius 3 is 2.32 bits per heavy atom. The van der Waals surface area contributed by atoms with Gasteiger partial charge in [0.25, 0.3) is 0 Å². The summed E-state index contributed by atoms with van der Waals surface area (Å²) >= 11 is 0. The summed E-state index contributed by atoms with van der Waals surface area (Å²) in [5.74, 6) is 7.23. The van der Waals surface area contributed by atoms with Gasteiger partial charge in [0.15, 0.2) is 9.84 Å². The molecule has 1 aromatic carbocycles. The first kappa shape index (κ1) is 24.1. The number of likely N-dealkylation sites (tertiary alicyclic amines) is 1. The Labute approximate surface area is 188 Å². The van der Waals surface area contributed by atoms with Gasteiger partial charge >= 0.3 is 0 Å². The van der Waals surface area contributed by atoms with E-state index in [0.29, 0.717) is 31.4 Å². The average Bonchev–Trinajstić information content (AvgIpc) is 2.75. The minimum atomic E-state index is -2.86. The number of phenolic OH excluding ortho intramolecular Hbond substituents is 1. The van der Waals surface area contributed by atoms with Gasteiger partial charge < -0.3 is 10.0 Å². The van der Waals surface area contributed by atoms with Crippen molar-refractivity contribution in [2.24, 2.45) is 0 Å². The molecule has 2 aliphatic rings. The normalized spacial score (nSPS) is 20.5. The van der Waals surface area contributed by atoms with E-state index in [1.165, 1.54) is 12.8 Å². The average molecular weight is 448 g/mol. The van der Waals surface area contributed by atoms with Gasteiger partial charge in [0.05, 0.1) is 18.1 Å². The maximum atomic E-state index is 11.6. The van der Waals surface area contributed by atoms with Gasteiger partial charge in [-0.05, 0) is 63.6 Å². The molecule has 2 aliphatic heterocycles. The molecule has 0 bridgehead atoms. The maximum absolute atomic E-state index is 11.6. The van der Waals surface area contributed by atoms with Crippen LogP contribution in [-0.4, -0.2) is 91.6 Å². The Morgan fingerprint density at radius 2 is 1.71 bits per heavy atom. The van der Waals surface area contributed by atoms with Gasteiger partial charge in [-0.15, -0.1) is 0 Å². The van der Waals surface area contributed by atoms with Crippen LogP contribution >= 0.6 is 0 Å². The number of aryl methyl sites for hydroxylation is 1. The second kappa shape index (κ2) is 10.8. The number of hydrogen-bond donors (Lipinski definition) is 1. The van der Waals surface area contributed by atoms with Crippen molar-refractivity contribution in [3.8, 4) is 17.6 Å². The van der Waals surface area contributed by atoms with E-state index in [-0.39, 0.29) is 11.5 Å². The fourth-order valence-electron chi connectivity index (χ4n) is 4.63. The van der Waals surface area contributed by atoms with Gasteiger partial charge in [0.1, 0.15) is 5.75 Å². The molecule has 1 N–H and O–H groups in total. The molecule has 0 unspecified atom stereocenters. The molecule has 0 radical (unpaired) electrons. The number of aromatic hydroxyl groups is 1. The highest BCUT2D eigenvalue weighted by atomic mass is 32.2. The van der Waals surface area contributed by atoms with Crippen molar-refractivity contribution in [2.75, 3.05) is 57.3 Å². The van der Waals surface area contributed by atoms with Crippen LogP contribution in [-0.2, 0) is 16.4 Å². The van der Waals surface area contributed by atoms with E-state index in [2.05, 4.69) is 40.4 Å². The third kappa shape index (κ3) is 6.69. The zero-order chi connectivity index (χ0) is 22.4. The van der Waals surface area contributed by atoms with E-state index < -0.39 is 9.84 Å². The topological polar surface area (TPSA) is 64.1 Å². The minimum absolute atomic E-state index is 0.224. The second-order valence-corrected chi connectivity index (χ2v) is 11.1. The van der Waals surface area contributed by atoms with Gasteiger partial charge in [-0.1, -0.05) is 25.7 Å². The summed E-state index contributed by atoms with van der Waals surface area (Å²) in [6, 6.07) is 4.61. The van der Waals surface area contributed by atoms with E-state index >= 15 is 0 Å². The van der Waals surface area contributed by atoms with E-state index in [4.69, 9.17) is 0 Å². The molecule has 0 atom stereocenters. The molecule has 0 aliphatic carbocycles. The predicted octanol–water partition coefficient (Wildman–Crippen LogP) is 2.09. The smallest absolute Gasteiger partial charge is 0.152 e. The maximum Gasteiger partial charge on any atom is 0.152 e. The van der Waals surface area contributed by atoms with Crippen molar-refractivity contribution in [2.45, 2.75) is 46.2 Å². The molecule has 0 spiro atoms. The summed E-state index contributed by atoms with van der Waals surface area (Å²) in [7, 11) is -2.86. The first-order chi connectivity index (χ1) is 14.8. The van der Waals surface area contributed by atoms with Crippen LogP contribution in [0.25, 0.3) is 0 Å². The minimum Gasteiger partial charge on any atom is -0.507 e. The molecule has 7 heteroatoms. The fourth-order valence-corrected chi connectivity index (χ4v) is 5.91. The highest BCUT2D eigenvalue weighted by Gasteiger charge is 2.24. The third-order valence-electron chi connectivity index (χ3n) is 6.63. The number of benzene rings is 1. The van der Waals surface area contributed by atoms with Crippen LogP contribution in [0.2, 0.25) is 0 Å². The van der Waals surface area contributed by atoms with Crippen molar-refractivity contribution < 1.29 is 13.5 Å². The summed E-state index contributed by atoms with van der Waals surface area (Å²) in [5.41, 5.74) is 2.70. The van der Waals surface area contributed by atoms with Gasteiger partial charge in [-0.25, -0.2) is 8.42 Å². The Balaban J connectivity index is 1.59. The Hall–Kier alpha value is -1.59. The summed E-state index contributed by atoms with van der Waals surface area (Å²) in [5, 5.41) is 10.6. The SMILES string of the molecule is CCN(CC)C1CCN(Cc2cc(C#CCN3CCS(=O)(=O)CC3)cc(C)c2O)CC1. The summed E-state index contributed by atoms with van der Waals surface area (Å²) in [6.45, 7) is 13.1. The Kier molecular flexibility index (Phi) is 8.40. The summed E-state index contributed by atoms with van der Waals surface area (Å²) < 4.78 is 23.1. The van der Waals surface area contributed by atoms with Gasteiger partial charge in [-0.2, -0.15) is 0 Å². The monoisotopic (exact) mass is 447 g/mol. The quantitative estimate of drug-likeness (QED) is 0.674. The lowest BCUT2D eigenvalue weighted by atomic mass is 10.0. The molecule has 172 valence electrons. The largest absolute Gasteiger partial charge is 0.507 e. The zero-order valence-electron chi connectivity index (χ0n) is 19.2. The first-order valence-electron chi connectivity index (χ1n) is 11.5. The molecule has 0 aromatic heterocycles. The number of piperidine rings is 1. The molecule has 0 amide bonds. The van der Waals surface area contributed by atoms with E-state index in [9.17, 15) is 13.5 Å². The molecule has 2 saturated heterocycles. The molecular weight excluding hydrogens is 410 g/mol. The molecule has 6 nitrogen and oxygen atoms in total.